The third kappa shape index (κ3) is 2.67. The molecule has 2 rings (SSSR count). The van der Waals surface area contributed by atoms with Crippen LogP contribution in [0.25, 0.3) is 11.4 Å². The molecule has 6 heteroatoms. The maximum Gasteiger partial charge on any atom is 0.186 e. The van der Waals surface area contributed by atoms with Crippen LogP contribution in [0.5, 0.6) is 5.75 Å². The number of ether oxygens (including phenoxy) is 1. The first-order valence-electron chi connectivity index (χ1n) is 6.39. The van der Waals surface area contributed by atoms with Crippen LogP contribution in [0.1, 0.15) is 32.7 Å². The molecule has 0 aliphatic rings. The van der Waals surface area contributed by atoms with E-state index in [0.29, 0.717) is 17.3 Å². The van der Waals surface area contributed by atoms with Gasteiger partial charge < -0.3 is 10.5 Å². The second-order valence-corrected chi connectivity index (χ2v) is 4.54. The van der Waals surface area contributed by atoms with Crippen molar-refractivity contribution < 1.29 is 4.74 Å². The minimum atomic E-state index is 0.247. The number of anilines is 1. The lowest BCUT2D eigenvalue weighted by atomic mass is 10.1. The summed E-state index contributed by atoms with van der Waals surface area (Å²) in [5.41, 5.74) is 7.27. The molecule has 1 aromatic heterocycles. The summed E-state index contributed by atoms with van der Waals surface area (Å²) in [5, 5.41) is 12.0. The van der Waals surface area contributed by atoms with Crippen molar-refractivity contribution in [2.45, 2.75) is 32.7 Å². The minimum absolute atomic E-state index is 0.247. The van der Waals surface area contributed by atoms with E-state index < -0.39 is 0 Å². The number of rotatable bonds is 5. The third-order valence-corrected chi connectivity index (χ3v) is 3.08. The summed E-state index contributed by atoms with van der Waals surface area (Å²) in [6.45, 7) is 4.25. The standard InChI is InChI=1S/C13H19N5O/c1-4-5-9(2)18-13(15-16-17-18)11-7-6-10(14)8-12(11)19-3/h6-9H,4-5,14H2,1-3H3. The van der Waals surface area contributed by atoms with E-state index in [0.717, 1.165) is 18.4 Å². The summed E-state index contributed by atoms with van der Waals surface area (Å²) in [6.07, 6.45) is 2.11. The number of nitrogens with zero attached hydrogens (tertiary/aromatic N) is 4. The maximum absolute atomic E-state index is 5.76. The Bertz CT molecular complexity index is 552. The predicted octanol–water partition coefficient (Wildman–Crippen LogP) is 2.29. The Morgan fingerprint density at radius 2 is 2.21 bits per heavy atom. The van der Waals surface area contributed by atoms with Crippen molar-refractivity contribution in [1.29, 1.82) is 0 Å². The normalized spacial score (nSPS) is 12.4. The van der Waals surface area contributed by atoms with Crippen LogP contribution < -0.4 is 10.5 Å². The van der Waals surface area contributed by atoms with E-state index in [4.69, 9.17) is 10.5 Å². The number of nitrogen functional groups attached to an aromatic ring is 1. The van der Waals surface area contributed by atoms with Crippen LogP contribution in [0, 0.1) is 0 Å². The van der Waals surface area contributed by atoms with Crippen molar-refractivity contribution in [3.63, 3.8) is 0 Å². The Balaban J connectivity index is 2.45. The van der Waals surface area contributed by atoms with Crippen LogP contribution in [0.3, 0.4) is 0 Å². The summed E-state index contributed by atoms with van der Waals surface area (Å²) in [5.74, 6) is 1.39. The average molecular weight is 261 g/mol. The molecule has 1 aromatic carbocycles. The quantitative estimate of drug-likeness (QED) is 0.835. The number of methoxy groups -OCH3 is 1. The number of benzene rings is 1. The number of nitrogens with two attached hydrogens (primary N) is 1. The molecule has 6 nitrogen and oxygen atoms in total. The van der Waals surface area contributed by atoms with Gasteiger partial charge in [-0.15, -0.1) is 5.10 Å². The molecule has 0 aliphatic carbocycles. The molecular weight excluding hydrogens is 242 g/mol. The zero-order chi connectivity index (χ0) is 13.8. The van der Waals surface area contributed by atoms with E-state index in [1.54, 1.807) is 13.2 Å². The molecular formula is C13H19N5O. The summed E-state index contributed by atoms with van der Waals surface area (Å²) >= 11 is 0. The van der Waals surface area contributed by atoms with E-state index in [1.165, 1.54) is 0 Å². The molecule has 0 aliphatic heterocycles. The highest BCUT2D eigenvalue weighted by atomic mass is 16.5. The van der Waals surface area contributed by atoms with Gasteiger partial charge in [0.1, 0.15) is 5.75 Å². The molecule has 0 bridgehead atoms. The molecule has 1 unspecified atom stereocenters. The fourth-order valence-electron chi connectivity index (χ4n) is 2.10. The van der Waals surface area contributed by atoms with Crippen LogP contribution >= 0.6 is 0 Å². The van der Waals surface area contributed by atoms with Crippen molar-refractivity contribution in [2.24, 2.45) is 0 Å². The molecule has 0 spiro atoms. The number of tetrazole rings is 1. The Hall–Kier alpha value is -2.11. The largest absolute Gasteiger partial charge is 0.496 e. The Labute approximate surface area is 112 Å². The molecule has 1 heterocycles. The lowest BCUT2D eigenvalue weighted by Crippen LogP contribution is -2.09. The van der Waals surface area contributed by atoms with Crippen LogP contribution in [0.4, 0.5) is 5.69 Å². The first-order chi connectivity index (χ1) is 9.17. The summed E-state index contributed by atoms with van der Waals surface area (Å²) in [6, 6.07) is 5.73. The first-order valence-corrected chi connectivity index (χ1v) is 6.39. The lowest BCUT2D eigenvalue weighted by molar-refractivity contribution is 0.413. The van der Waals surface area contributed by atoms with Crippen molar-refractivity contribution in [1.82, 2.24) is 20.2 Å². The Morgan fingerprint density at radius 3 is 2.89 bits per heavy atom. The zero-order valence-electron chi connectivity index (χ0n) is 11.5. The highest BCUT2D eigenvalue weighted by molar-refractivity contribution is 5.67. The number of hydrogen-bond acceptors (Lipinski definition) is 5. The fourth-order valence-corrected chi connectivity index (χ4v) is 2.10. The van der Waals surface area contributed by atoms with Crippen LogP contribution in [-0.2, 0) is 0 Å². The Kier molecular flexibility index (Phi) is 3.99. The van der Waals surface area contributed by atoms with E-state index in [2.05, 4.69) is 29.4 Å². The Morgan fingerprint density at radius 1 is 1.42 bits per heavy atom. The molecule has 0 fully saturated rings. The summed E-state index contributed by atoms with van der Waals surface area (Å²) < 4.78 is 7.19. The summed E-state index contributed by atoms with van der Waals surface area (Å²) in [4.78, 5) is 0. The zero-order valence-corrected chi connectivity index (χ0v) is 11.5. The van der Waals surface area contributed by atoms with Gasteiger partial charge in [-0.3, -0.25) is 0 Å². The first kappa shape index (κ1) is 13.3. The van der Waals surface area contributed by atoms with Crippen LogP contribution in [0.2, 0.25) is 0 Å². The van der Waals surface area contributed by atoms with E-state index in [-0.39, 0.29) is 6.04 Å². The van der Waals surface area contributed by atoms with Gasteiger partial charge in [-0.05, 0) is 35.9 Å². The van der Waals surface area contributed by atoms with Crippen molar-refractivity contribution >= 4 is 5.69 Å². The third-order valence-electron chi connectivity index (χ3n) is 3.08. The second-order valence-electron chi connectivity index (χ2n) is 4.54. The molecule has 2 N–H and O–H groups in total. The monoisotopic (exact) mass is 261 g/mol. The van der Waals surface area contributed by atoms with Gasteiger partial charge in [0, 0.05) is 11.8 Å². The highest BCUT2D eigenvalue weighted by Gasteiger charge is 2.17. The van der Waals surface area contributed by atoms with Crippen LogP contribution in [-0.4, -0.2) is 27.3 Å². The van der Waals surface area contributed by atoms with Crippen molar-refractivity contribution in [3.05, 3.63) is 18.2 Å². The van der Waals surface area contributed by atoms with Gasteiger partial charge in [0.2, 0.25) is 0 Å². The molecule has 1 atom stereocenters. The van der Waals surface area contributed by atoms with E-state index >= 15 is 0 Å². The van der Waals surface area contributed by atoms with Gasteiger partial charge in [0.25, 0.3) is 0 Å². The molecule has 0 radical (unpaired) electrons. The molecule has 2 aromatic rings. The molecule has 0 saturated carbocycles. The average Bonchev–Trinajstić information content (AvgIpc) is 2.88. The van der Waals surface area contributed by atoms with Gasteiger partial charge in [-0.1, -0.05) is 13.3 Å². The van der Waals surface area contributed by atoms with E-state index in [9.17, 15) is 0 Å². The fraction of sp³-hybridized carbons (Fsp3) is 0.462. The molecule has 0 saturated heterocycles. The SMILES string of the molecule is CCCC(C)n1nnnc1-c1ccc(N)cc1OC. The van der Waals surface area contributed by atoms with Gasteiger partial charge >= 0.3 is 0 Å². The molecule has 0 amide bonds. The summed E-state index contributed by atoms with van der Waals surface area (Å²) in [7, 11) is 1.61. The van der Waals surface area contributed by atoms with E-state index in [1.807, 2.05) is 16.8 Å². The maximum atomic E-state index is 5.76. The molecule has 102 valence electrons. The van der Waals surface area contributed by atoms with Crippen molar-refractivity contribution in [3.8, 4) is 17.1 Å². The number of hydrogen-bond donors (Lipinski definition) is 1. The predicted molar refractivity (Wildman–Crippen MR) is 73.8 cm³/mol. The minimum Gasteiger partial charge on any atom is -0.496 e. The highest BCUT2D eigenvalue weighted by Crippen LogP contribution is 2.31. The van der Waals surface area contributed by atoms with Gasteiger partial charge in [0.15, 0.2) is 5.82 Å². The number of aromatic nitrogens is 4. The smallest absolute Gasteiger partial charge is 0.186 e. The van der Waals surface area contributed by atoms with Crippen LogP contribution in [0.15, 0.2) is 18.2 Å². The van der Waals surface area contributed by atoms with Gasteiger partial charge in [0.05, 0.1) is 18.7 Å². The van der Waals surface area contributed by atoms with Crippen molar-refractivity contribution in [2.75, 3.05) is 12.8 Å². The lowest BCUT2D eigenvalue weighted by Gasteiger charge is -2.14. The van der Waals surface area contributed by atoms with Gasteiger partial charge in [-0.25, -0.2) is 4.68 Å². The molecule has 19 heavy (non-hydrogen) atoms. The van der Waals surface area contributed by atoms with Gasteiger partial charge in [-0.2, -0.15) is 0 Å². The second kappa shape index (κ2) is 5.69. The topological polar surface area (TPSA) is 78.9 Å².